The number of likely N-dealkylation sites (N-methyl/N-ethyl adjacent to an activating group) is 1. The predicted octanol–water partition coefficient (Wildman–Crippen LogP) is 2.81. The number of carbonyl (C=O) groups excluding carboxylic acids is 1. The lowest BCUT2D eigenvalue weighted by atomic mass is 9.90. The average molecular weight is 398 g/mol. The summed E-state index contributed by atoms with van der Waals surface area (Å²) in [5.41, 5.74) is 8.35. The Balaban J connectivity index is 1.89. The summed E-state index contributed by atoms with van der Waals surface area (Å²) in [6.45, 7) is 7.47. The lowest BCUT2D eigenvalue weighted by Crippen LogP contribution is -2.30. The Morgan fingerprint density at radius 2 is 2.07 bits per heavy atom. The molecule has 2 N–H and O–H groups in total. The Hall–Kier alpha value is -2.54. The molecule has 0 amide bonds. The third-order valence-electron chi connectivity index (χ3n) is 4.76. The van der Waals surface area contributed by atoms with Gasteiger partial charge in [-0.3, -0.25) is 9.78 Å². The molecule has 29 heavy (non-hydrogen) atoms. The van der Waals surface area contributed by atoms with Gasteiger partial charge in [0.2, 0.25) is 0 Å². The second-order valence-corrected chi connectivity index (χ2v) is 8.80. The van der Waals surface area contributed by atoms with E-state index in [9.17, 15) is 4.79 Å². The summed E-state index contributed by atoms with van der Waals surface area (Å²) in [4.78, 5) is 28.5. The van der Waals surface area contributed by atoms with Crippen molar-refractivity contribution in [3.05, 3.63) is 29.6 Å². The summed E-state index contributed by atoms with van der Waals surface area (Å²) in [5, 5.41) is 0. The van der Waals surface area contributed by atoms with Gasteiger partial charge in [0.1, 0.15) is 23.9 Å². The molecule has 1 aliphatic carbocycles. The highest BCUT2D eigenvalue weighted by atomic mass is 16.5. The molecule has 0 fully saturated rings. The van der Waals surface area contributed by atoms with Crippen LogP contribution in [0.4, 0.5) is 5.82 Å². The van der Waals surface area contributed by atoms with Gasteiger partial charge in [-0.05, 0) is 30.7 Å². The number of Topliss-reactive ketones (excluding diaryl/α,β-unsaturated/α-hetero) is 1. The van der Waals surface area contributed by atoms with Gasteiger partial charge in [0.15, 0.2) is 11.6 Å². The topological polar surface area (TPSA) is 94.2 Å². The summed E-state index contributed by atoms with van der Waals surface area (Å²) in [6, 6.07) is 3.63. The first-order valence-corrected chi connectivity index (χ1v) is 10.2. The average Bonchev–Trinajstić information content (AvgIpc) is 3.12. The summed E-state index contributed by atoms with van der Waals surface area (Å²) in [6.07, 6.45) is 5.14. The van der Waals surface area contributed by atoms with Gasteiger partial charge in [-0.25, -0.2) is 9.97 Å². The number of nitrogens with zero attached hydrogens (tertiary/aromatic N) is 4. The Bertz CT molecular complexity index is 876. The molecule has 0 aromatic carbocycles. The van der Waals surface area contributed by atoms with Crippen molar-refractivity contribution >= 4 is 11.6 Å². The van der Waals surface area contributed by atoms with Crippen molar-refractivity contribution in [2.24, 2.45) is 11.1 Å². The van der Waals surface area contributed by atoms with Crippen LogP contribution in [0.5, 0.6) is 5.75 Å². The van der Waals surface area contributed by atoms with Crippen LogP contribution >= 0.6 is 0 Å². The Morgan fingerprint density at radius 1 is 1.28 bits per heavy atom. The zero-order valence-electron chi connectivity index (χ0n) is 17.9. The maximum absolute atomic E-state index is 12.5. The molecule has 0 spiro atoms. The van der Waals surface area contributed by atoms with Crippen LogP contribution in [0.1, 0.15) is 44.9 Å². The molecular weight excluding hydrogens is 366 g/mol. The van der Waals surface area contributed by atoms with E-state index in [1.165, 1.54) is 0 Å². The Morgan fingerprint density at radius 3 is 2.79 bits per heavy atom. The molecule has 2 heterocycles. The van der Waals surface area contributed by atoms with Gasteiger partial charge in [-0.15, -0.1) is 0 Å². The number of ether oxygens (including phenoxy) is 1. The number of rotatable bonds is 8. The minimum atomic E-state index is -0.0232. The Kier molecular flexibility index (Phi) is 6.47. The quantitative estimate of drug-likeness (QED) is 0.732. The standard InChI is InChI=1S/C22H31N5O2/c1-22(2,3)13-15(28)14-27(4)21-17-6-5-7-18(17)25-20(26-21)19-12-16(8-10-24-19)29-11-9-23/h8,10,12H,5-7,9,11,13-14,23H2,1-4H3. The van der Waals surface area contributed by atoms with E-state index in [1.807, 2.05) is 18.0 Å². The number of aryl methyl sites for hydroxylation is 1. The van der Waals surface area contributed by atoms with E-state index in [2.05, 4.69) is 25.8 Å². The van der Waals surface area contributed by atoms with Crippen LogP contribution < -0.4 is 15.4 Å². The fourth-order valence-electron chi connectivity index (χ4n) is 3.63. The molecule has 156 valence electrons. The van der Waals surface area contributed by atoms with Gasteiger partial charge < -0.3 is 15.4 Å². The molecule has 7 heteroatoms. The largest absolute Gasteiger partial charge is 0.492 e. The molecule has 0 radical (unpaired) electrons. The van der Waals surface area contributed by atoms with Gasteiger partial charge in [0, 0.05) is 43.5 Å². The minimum absolute atomic E-state index is 0.0232. The third-order valence-corrected chi connectivity index (χ3v) is 4.76. The smallest absolute Gasteiger partial charge is 0.180 e. The number of anilines is 1. The van der Waals surface area contributed by atoms with E-state index < -0.39 is 0 Å². The van der Waals surface area contributed by atoms with Crippen LogP contribution in [-0.2, 0) is 17.6 Å². The third kappa shape index (κ3) is 5.50. The second-order valence-electron chi connectivity index (χ2n) is 8.80. The summed E-state index contributed by atoms with van der Waals surface area (Å²) >= 11 is 0. The number of carbonyl (C=O) groups is 1. The van der Waals surface area contributed by atoms with Crippen molar-refractivity contribution in [3.8, 4) is 17.3 Å². The van der Waals surface area contributed by atoms with E-state index in [1.54, 1.807) is 12.3 Å². The number of pyridine rings is 1. The van der Waals surface area contributed by atoms with Crippen LogP contribution in [0.2, 0.25) is 0 Å². The SMILES string of the molecule is CN(CC(=O)CC(C)(C)C)c1nc(-c2cc(OCCN)ccn2)nc2c1CCC2. The number of hydrogen-bond donors (Lipinski definition) is 1. The Labute approximate surface area is 172 Å². The van der Waals surface area contributed by atoms with Gasteiger partial charge in [-0.2, -0.15) is 0 Å². The van der Waals surface area contributed by atoms with Crippen molar-refractivity contribution < 1.29 is 9.53 Å². The molecule has 0 unspecified atom stereocenters. The van der Waals surface area contributed by atoms with Gasteiger partial charge in [0.05, 0.1) is 6.54 Å². The van der Waals surface area contributed by atoms with Crippen LogP contribution in [-0.4, -0.2) is 47.5 Å². The van der Waals surface area contributed by atoms with Crippen LogP contribution in [0.3, 0.4) is 0 Å². The van der Waals surface area contributed by atoms with E-state index >= 15 is 0 Å². The van der Waals surface area contributed by atoms with Gasteiger partial charge in [-0.1, -0.05) is 20.8 Å². The molecule has 0 saturated heterocycles. The number of nitrogens with two attached hydrogens (primary N) is 1. The molecule has 1 aliphatic rings. The molecular formula is C22H31N5O2. The van der Waals surface area contributed by atoms with Gasteiger partial charge in [0.25, 0.3) is 0 Å². The fourth-order valence-corrected chi connectivity index (χ4v) is 3.63. The van der Waals surface area contributed by atoms with Crippen molar-refractivity contribution in [2.45, 2.75) is 46.5 Å². The molecule has 0 saturated carbocycles. The van der Waals surface area contributed by atoms with E-state index in [0.717, 1.165) is 36.3 Å². The maximum atomic E-state index is 12.5. The van der Waals surface area contributed by atoms with E-state index in [0.29, 0.717) is 43.4 Å². The van der Waals surface area contributed by atoms with Crippen LogP contribution in [0.25, 0.3) is 11.5 Å². The van der Waals surface area contributed by atoms with Crippen LogP contribution in [0, 0.1) is 5.41 Å². The maximum Gasteiger partial charge on any atom is 0.180 e. The molecule has 7 nitrogen and oxygen atoms in total. The number of fused-ring (bicyclic) bond motifs is 1. The van der Waals surface area contributed by atoms with Crippen molar-refractivity contribution in [1.29, 1.82) is 0 Å². The second kappa shape index (κ2) is 8.86. The number of ketones is 1. The van der Waals surface area contributed by atoms with Crippen molar-refractivity contribution in [1.82, 2.24) is 15.0 Å². The first-order chi connectivity index (χ1) is 13.8. The van der Waals surface area contributed by atoms with E-state index in [4.69, 9.17) is 20.4 Å². The van der Waals surface area contributed by atoms with E-state index in [-0.39, 0.29) is 11.2 Å². The highest BCUT2D eigenvalue weighted by Gasteiger charge is 2.24. The lowest BCUT2D eigenvalue weighted by molar-refractivity contribution is -0.119. The number of aromatic nitrogens is 3. The monoisotopic (exact) mass is 397 g/mol. The highest BCUT2D eigenvalue weighted by Crippen LogP contribution is 2.31. The molecule has 0 atom stereocenters. The molecule has 2 aromatic heterocycles. The lowest BCUT2D eigenvalue weighted by Gasteiger charge is -2.23. The predicted molar refractivity (Wildman–Crippen MR) is 114 cm³/mol. The minimum Gasteiger partial charge on any atom is -0.492 e. The molecule has 0 aliphatic heterocycles. The highest BCUT2D eigenvalue weighted by molar-refractivity contribution is 5.84. The zero-order valence-corrected chi connectivity index (χ0v) is 17.9. The summed E-state index contributed by atoms with van der Waals surface area (Å²) in [5.74, 6) is 2.30. The molecule has 3 rings (SSSR count). The first-order valence-electron chi connectivity index (χ1n) is 10.2. The number of hydrogen-bond acceptors (Lipinski definition) is 7. The fraction of sp³-hybridized carbons (Fsp3) is 0.545. The van der Waals surface area contributed by atoms with Crippen molar-refractivity contribution in [2.75, 3.05) is 31.6 Å². The first kappa shape index (κ1) is 21.2. The normalized spacial score (nSPS) is 13.3. The summed E-state index contributed by atoms with van der Waals surface area (Å²) < 4.78 is 5.61. The summed E-state index contributed by atoms with van der Waals surface area (Å²) in [7, 11) is 1.93. The zero-order chi connectivity index (χ0) is 21.0. The van der Waals surface area contributed by atoms with Gasteiger partial charge >= 0.3 is 0 Å². The van der Waals surface area contributed by atoms with Crippen LogP contribution in [0.15, 0.2) is 18.3 Å². The van der Waals surface area contributed by atoms with Crippen molar-refractivity contribution in [3.63, 3.8) is 0 Å². The molecule has 0 bridgehead atoms. The molecule has 2 aromatic rings.